The summed E-state index contributed by atoms with van der Waals surface area (Å²) in [6.45, 7) is 0. The summed E-state index contributed by atoms with van der Waals surface area (Å²) >= 11 is 0. The first kappa shape index (κ1) is 8.79. The van der Waals surface area contributed by atoms with Crippen LogP contribution in [0.15, 0.2) is 12.2 Å². The Morgan fingerprint density at radius 3 is 3.17 bits per heavy atom. The molecule has 3 nitrogen and oxygen atoms in total. The zero-order valence-corrected chi connectivity index (χ0v) is 6.92. The Morgan fingerprint density at radius 1 is 1.58 bits per heavy atom. The first-order chi connectivity index (χ1) is 5.83. The number of nitrogens with one attached hydrogen (secondary N) is 1. The van der Waals surface area contributed by atoms with Gasteiger partial charge in [0, 0.05) is 18.5 Å². The average molecular weight is 164 g/mol. The fourth-order valence-electron chi connectivity index (χ4n) is 1.30. The molecule has 1 saturated heterocycles. The van der Waals surface area contributed by atoms with Crippen molar-refractivity contribution in [2.24, 2.45) is 0 Å². The number of hydrogen-bond acceptors (Lipinski definition) is 2. The molecule has 1 fully saturated rings. The lowest BCUT2D eigenvalue weighted by Crippen LogP contribution is -2.30. The molecule has 0 saturated carbocycles. The van der Waals surface area contributed by atoms with Crippen LogP contribution in [0.2, 0.25) is 0 Å². The van der Waals surface area contributed by atoms with Gasteiger partial charge in [-0.25, -0.2) is 0 Å². The molecule has 0 aliphatic carbocycles. The van der Waals surface area contributed by atoms with Crippen molar-refractivity contribution >= 4 is 5.91 Å². The van der Waals surface area contributed by atoms with Crippen molar-refractivity contribution in [2.45, 2.75) is 31.7 Å². The number of nitrogens with zero attached hydrogens (tertiary/aromatic N) is 1. The first-order valence-corrected chi connectivity index (χ1v) is 4.18. The van der Waals surface area contributed by atoms with Gasteiger partial charge in [0.1, 0.15) is 0 Å². The van der Waals surface area contributed by atoms with Crippen LogP contribution in [0.25, 0.3) is 0 Å². The SMILES string of the molecule is N#CC=CC1CCCCC(=O)N1. The highest BCUT2D eigenvalue weighted by atomic mass is 16.1. The molecule has 0 aromatic rings. The van der Waals surface area contributed by atoms with Gasteiger partial charge in [-0.1, -0.05) is 12.5 Å². The molecule has 64 valence electrons. The molecule has 1 heterocycles. The molecule has 0 aromatic carbocycles. The maximum Gasteiger partial charge on any atom is 0.220 e. The second-order valence-corrected chi connectivity index (χ2v) is 2.91. The molecular weight excluding hydrogens is 152 g/mol. The van der Waals surface area contributed by atoms with Gasteiger partial charge >= 0.3 is 0 Å². The molecule has 12 heavy (non-hydrogen) atoms. The lowest BCUT2D eigenvalue weighted by Gasteiger charge is -2.09. The third kappa shape index (κ3) is 2.75. The number of carbonyl (C=O) groups is 1. The Labute approximate surface area is 72.1 Å². The molecule has 0 aromatic heterocycles. The van der Waals surface area contributed by atoms with E-state index < -0.39 is 0 Å². The fraction of sp³-hybridized carbons (Fsp3) is 0.556. The van der Waals surface area contributed by atoms with Crippen LogP contribution in [-0.2, 0) is 4.79 Å². The van der Waals surface area contributed by atoms with Crippen molar-refractivity contribution in [3.05, 3.63) is 12.2 Å². The minimum absolute atomic E-state index is 0.0691. The second-order valence-electron chi connectivity index (χ2n) is 2.91. The van der Waals surface area contributed by atoms with Crippen molar-refractivity contribution in [1.82, 2.24) is 5.32 Å². The summed E-state index contributed by atoms with van der Waals surface area (Å²) in [5.74, 6) is 0.0973. The Hall–Kier alpha value is -1.30. The normalized spacial score (nSPS) is 24.6. The van der Waals surface area contributed by atoms with E-state index in [0.717, 1.165) is 19.3 Å². The van der Waals surface area contributed by atoms with Crippen LogP contribution in [0.5, 0.6) is 0 Å². The van der Waals surface area contributed by atoms with Crippen molar-refractivity contribution in [2.75, 3.05) is 0 Å². The number of hydrogen-bond donors (Lipinski definition) is 1. The van der Waals surface area contributed by atoms with Crippen molar-refractivity contribution in [3.63, 3.8) is 0 Å². The molecule has 1 aliphatic heterocycles. The van der Waals surface area contributed by atoms with E-state index in [9.17, 15) is 4.79 Å². The molecule has 1 unspecified atom stereocenters. The molecule has 0 spiro atoms. The largest absolute Gasteiger partial charge is 0.350 e. The summed E-state index contributed by atoms with van der Waals surface area (Å²) in [5, 5.41) is 11.1. The number of carbonyl (C=O) groups excluding carboxylic acids is 1. The van der Waals surface area contributed by atoms with Gasteiger partial charge in [0.25, 0.3) is 0 Å². The third-order valence-corrected chi connectivity index (χ3v) is 1.92. The van der Waals surface area contributed by atoms with Gasteiger partial charge in [-0.15, -0.1) is 0 Å². The molecule has 0 radical (unpaired) electrons. The Bertz CT molecular complexity index is 227. The number of allylic oxidation sites excluding steroid dienone is 1. The summed E-state index contributed by atoms with van der Waals surface area (Å²) in [6, 6.07) is 1.99. The Morgan fingerprint density at radius 2 is 2.42 bits per heavy atom. The van der Waals surface area contributed by atoms with Gasteiger partial charge in [0.15, 0.2) is 0 Å². The Balaban J connectivity index is 2.47. The quantitative estimate of drug-likeness (QED) is 0.590. The van der Waals surface area contributed by atoms with Gasteiger partial charge < -0.3 is 5.32 Å². The van der Waals surface area contributed by atoms with Crippen molar-refractivity contribution in [3.8, 4) is 6.07 Å². The summed E-state index contributed by atoms with van der Waals surface area (Å²) in [5.41, 5.74) is 0. The summed E-state index contributed by atoms with van der Waals surface area (Å²) in [4.78, 5) is 11.0. The second kappa shape index (κ2) is 4.55. The lowest BCUT2D eigenvalue weighted by molar-refractivity contribution is -0.121. The van der Waals surface area contributed by atoms with Crippen LogP contribution < -0.4 is 5.32 Å². The van der Waals surface area contributed by atoms with E-state index >= 15 is 0 Å². The molecule has 0 bridgehead atoms. The van der Waals surface area contributed by atoms with E-state index in [4.69, 9.17) is 5.26 Å². The Kier molecular flexibility index (Phi) is 3.34. The van der Waals surface area contributed by atoms with Crippen molar-refractivity contribution in [1.29, 1.82) is 5.26 Å². The predicted octanol–water partition coefficient (Wildman–Crippen LogP) is 1.12. The van der Waals surface area contributed by atoms with Crippen LogP contribution in [-0.4, -0.2) is 11.9 Å². The lowest BCUT2D eigenvalue weighted by atomic mass is 10.1. The maximum atomic E-state index is 11.0. The predicted molar refractivity (Wildman–Crippen MR) is 45.2 cm³/mol. The summed E-state index contributed by atoms with van der Waals surface area (Å²) < 4.78 is 0. The zero-order valence-electron chi connectivity index (χ0n) is 6.92. The van der Waals surface area contributed by atoms with E-state index in [1.807, 2.05) is 6.07 Å². The van der Waals surface area contributed by atoms with E-state index in [1.165, 1.54) is 6.08 Å². The van der Waals surface area contributed by atoms with Crippen LogP contribution in [0.1, 0.15) is 25.7 Å². The zero-order chi connectivity index (χ0) is 8.81. The minimum Gasteiger partial charge on any atom is -0.350 e. The van der Waals surface area contributed by atoms with Crippen LogP contribution in [0.3, 0.4) is 0 Å². The molecular formula is C9H12N2O. The summed E-state index contributed by atoms with van der Waals surface area (Å²) in [7, 11) is 0. The van der Waals surface area contributed by atoms with Crippen LogP contribution >= 0.6 is 0 Å². The highest BCUT2D eigenvalue weighted by molar-refractivity contribution is 5.76. The first-order valence-electron chi connectivity index (χ1n) is 4.18. The molecule has 1 atom stereocenters. The van der Waals surface area contributed by atoms with Gasteiger partial charge in [0.05, 0.1) is 6.07 Å². The van der Waals surface area contributed by atoms with E-state index in [1.54, 1.807) is 6.08 Å². The molecule has 1 N–H and O–H groups in total. The maximum absolute atomic E-state index is 11.0. The highest BCUT2D eigenvalue weighted by Gasteiger charge is 2.12. The van der Waals surface area contributed by atoms with E-state index in [-0.39, 0.29) is 11.9 Å². The molecule has 1 aliphatic rings. The smallest absolute Gasteiger partial charge is 0.220 e. The monoisotopic (exact) mass is 164 g/mol. The number of nitriles is 1. The fourth-order valence-corrected chi connectivity index (χ4v) is 1.30. The standard InChI is InChI=1S/C9H12N2O/c10-7-3-5-8-4-1-2-6-9(12)11-8/h3,5,8H,1-2,4,6H2,(H,11,12). The van der Waals surface area contributed by atoms with Gasteiger partial charge in [0.2, 0.25) is 5.91 Å². The number of amides is 1. The van der Waals surface area contributed by atoms with Crippen molar-refractivity contribution < 1.29 is 4.79 Å². The molecule has 1 rings (SSSR count). The van der Waals surface area contributed by atoms with Gasteiger partial charge in [-0.3, -0.25) is 4.79 Å². The number of rotatable bonds is 1. The highest BCUT2D eigenvalue weighted by Crippen LogP contribution is 2.09. The van der Waals surface area contributed by atoms with E-state index in [2.05, 4.69) is 5.32 Å². The third-order valence-electron chi connectivity index (χ3n) is 1.92. The summed E-state index contributed by atoms with van der Waals surface area (Å²) in [6.07, 6.45) is 6.77. The minimum atomic E-state index is 0.0691. The van der Waals surface area contributed by atoms with Gasteiger partial charge in [-0.2, -0.15) is 5.26 Å². The topological polar surface area (TPSA) is 52.9 Å². The van der Waals surface area contributed by atoms with Crippen LogP contribution in [0, 0.1) is 11.3 Å². The van der Waals surface area contributed by atoms with Crippen LogP contribution in [0.4, 0.5) is 0 Å². The van der Waals surface area contributed by atoms with Gasteiger partial charge in [-0.05, 0) is 12.8 Å². The molecule has 1 amide bonds. The molecule has 3 heteroatoms. The average Bonchev–Trinajstić information content (AvgIpc) is 2.26. The van der Waals surface area contributed by atoms with E-state index in [0.29, 0.717) is 6.42 Å².